The van der Waals surface area contributed by atoms with E-state index in [1.165, 1.54) is 12.1 Å². The number of hydrogen-bond donors (Lipinski definition) is 0. The minimum absolute atomic E-state index is 0.242. The molecule has 1 aromatic heterocycles. The van der Waals surface area contributed by atoms with Gasteiger partial charge in [0.05, 0.1) is 12.6 Å². The zero-order valence-electron chi connectivity index (χ0n) is 11.4. The van der Waals surface area contributed by atoms with Crippen LogP contribution in [0.1, 0.15) is 11.1 Å². The van der Waals surface area contributed by atoms with Crippen molar-refractivity contribution in [2.24, 2.45) is 0 Å². The normalized spacial score (nSPS) is 10.8. The van der Waals surface area contributed by atoms with E-state index in [0.717, 1.165) is 22.0 Å². The SMILES string of the molecule is COc1nc2ccc(Cl)cc2cc1Cc1ccc(F)cc1. The van der Waals surface area contributed by atoms with Gasteiger partial charge in [0.2, 0.25) is 5.88 Å². The zero-order valence-corrected chi connectivity index (χ0v) is 12.2. The molecule has 3 rings (SSSR count). The van der Waals surface area contributed by atoms with Gasteiger partial charge >= 0.3 is 0 Å². The van der Waals surface area contributed by atoms with Gasteiger partial charge in [0.25, 0.3) is 0 Å². The molecule has 0 fully saturated rings. The molecule has 0 saturated carbocycles. The number of rotatable bonds is 3. The molecule has 0 bridgehead atoms. The standard InChI is InChI=1S/C17H13ClFNO/c1-21-17-13(8-11-2-5-15(19)6-3-11)9-12-10-14(18)4-7-16(12)20-17/h2-7,9-10H,8H2,1H3. The van der Waals surface area contributed by atoms with Gasteiger partial charge in [-0.05, 0) is 42.0 Å². The maximum Gasteiger partial charge on any atom is 0.217 e. The van der Waals surface area contributed by atoms with E-state index in [1.807, 2.05) is 18.2 Å². The second-order valence-corrected chi connectivity index (χ2v) is 5.23. The summed E-state index contributed by atoms with van der Waals surface area (Å²) in [6.45, 7) is 0. The van der Waals surface area contributed by atoms with E-state index in [4.69, 9.17) is 16.3 Å². The Kier molecular flexibility index (Phi) is 3.76. The van der Waals surface area contributed by atoms with Crippen LogP contribution in [-0.2, 0) is 6.42 Å². The Morgan fingerprint density at radius 3 is 2.57 bits per heavy atom. The minimum atomic E-state index is -0.242. The van der Waals surface area contributed by atoms with Gasteiger partial charge < -0.3 is 4.74 Å². The van der Waals surface area contributed by atoms with Gasteiger partial charge in [-0.25, -0.2) is 9.37 Å². The van der Waals surface area contributed by atoms with Crippen molar-refractivity contribution in [3.63, 3.8) is 0 Å². The molecular weight excluding hydrogens is 289 g/mol. The molecule has 0 aliphatic rings. The predicted octanol–water partition coefficient (Wildman–Crippen LogP) is 4.63. The van der Waals surface area contributed by atoms with E-state index in [9.17, 15) is 4.39 Å². The summed E-state index contributed by atoms with van der Waals surface area (Å²) in [6.07, 6.45) is 0.624. The molecule has 0 aliphatic carbocycles. The number of methoxy groups -OCH3 is 1. The Balaban J connectivity index is 2.05. The van der Waals surface area contributed by atoms with Crippen LogP contribution in [0.2, 0.25) is 5.02 Å². The number of halogens is 2. The number of aromatic nitrogens is 1. The molecule has 21 heavy (non-hydrogen) atoms. The van der Waals surface area contributed by atoms with Gasteiger partial charge in [-0.15, -0.1) is 0 Å². The van der Waals surface area contributed by atoms with E-state index in [1.54, 1.807) is 25.3 Å². The third-order valence-electron chi connectivity index (χ3n) is 3.32. The molecule has 2 aromatic carbocycles. The molecule has 0 radical (unpaired) electrons. The average molecular weight is 302 g/mol. The minimum Gasteiger partial charge on any atom is -0.481 e. The van der Waals surface area contributed by atoms with Crippen LogP contribution in [0.4, 0.5) is 4.39 Å². The Morgan fingerprint density at radius 1 is 1.10 bits per heavy atom. The van der Waals surface area contributed by atoms with Crippen LogP contribution in [-0.4, -0.2) is 12.1 Å². The van der Waals surface area contributed by atoms with E-state index in [0.29, 0.717) is 17.3 Å². The summed E-state index contributed by atoms with van der Waals surface area (Å²) >= 11 is 6.02. The molecule has 4 heteroatoms. The van der Waals surface area contributed by atoms with E-state index in [2.05, 4.69) is 4.98 Å². The molecular formula is C17H13ClFNO. The molecule has 0 spiro atoms. The van der Waals surface area contributed by atoms with Gasteiger partial charge in [-0.3, -0.25) is 0 Å². The van der Waals surface area contributed by atoms with Crippen molar-refractivity contribution in [1.29, 1.82) is 0 Å². The number of nitrogens with zero attached hydrogens (tertiary/aromatic N) is 1. The molecule has 0 saturated heterocycles. The fourth-order valence-electron chi connectivity index (χ4n) is 2.30. The fraction of sp³-hybridized carbons (Fsp3) is 0.118. The van der Waals surface area contributed by atoms with Crippen LogP contribution in [0.15, 0.2) is 48.5 Å². The third-order valence-corrected chi connectivity index (χ3v) is 3.55. The molecule has 0 atom stereocenters. The highest BCUT2D eigenvalue weighted by Gasteiger charge is 2.09. The summed E-state index contributed by atoms with van der Waals surface area (Å²) in [7, 11) is 1.60. The van der Waals surface area contributed by atoms with Gasteiger partial charge in [0.15, 0.2) is 0 Å². The number of fused-ring (bicyclic) bond motifs is 1. The highest BCUT2D eigenvalue weighted by atomic mass is 35.5. The van der Waals surface area contributed by atoms with Gasteiger partial charge in [-0.2, -0.15) is 0 Å². The van der Waals surface area contributed by atoms with Crippen molar-refractivity contribution in [3.8, 4) is 5.88 Å². The Morgan fingerprint density at radius 2 is 1.86 bits per heavy atom. The summed E-state index contributed by atoms with van der Waals surface area (Å²) in [5.74, 6) is 0.336. The smallest absolute Gasteiger partial charge is 0.217 e. The lowest BCUT2D eigenvalue weighted by atomic mass is 10.0. The number of pyridine rings is 1. The van der Waals surface area contributed by atoms with Crippen molar-refractivity contribution in [3.05, 3.63) is 70.5 Å². The Bertz CT molecular complexity index is 787. The second kappa shape index (κ2) is 5.70. The highest BCUT2D eigenvalue weighted by Crippen LogP contribution is 2.26. The summed E-state index contributed by atoms with van der Waals surface area (Å²) in [5.41, 5.74) is 2.77. The molecule has 0 aliphatic heterocycles. The first-order valence-electron chi connectivity index (χ1n) is 6.53. The lowest BCUT2D eigenvalue weighted by Crippen LogP contribution is -1.97. The fourth-order valence-corrected chi connectivity index (χ4v) is 2.48. The first-order valence-corrected chi connectivity index (χ1v) is 6.91. The summed E-state index contributed by atoms with van der Waals surface area (Å²) < 4.78 is 18.3. The van der Waals surface area contributed by atoms with Crippen molar-refractivity contribution >= 4 is 22.5 Å². The first kappa shape index (κ1) is 13.8. The zero-order chi connectivity index (χ0) is 14.8. The van der Waals surface area contributed by atoms with Gasteiger partial charge in [0.1, 0.15) is 5.82 Å². The maximum absolute atomic E-state index is 13.0. The van der Waals surface area contributed by atoms with Crippen LogP contribution in [0.5, 0.6) is 5.88 Å². The van der Waals surface area contributed by atoms with Crippen LogP contribution in [0, 0.1) is 5.82 Å². The highest BCUT2D eigenvalue weighted by molar-refractivity contribution is 6.31. The quantitative estimate of drug-likeness (QED) is 0.704. The summed E-state index contributed by atoms with van der Waals surface area (Å²) in [5, 5.41) is 1.63. The van der Waals surface area contributed by atoms with Crippen molar-refractivity contribution in [2.75, 3.05) is 7.11 Å². The van der Waals surface area contributed by atoms with E-state index in [-0.39, 0.29) is 5.82 Å². The van der Waals surface area contributed by atoms with Crippen LogP contribution in [0.3, 0.4) is 0 Å². The van der Waals surface area contributed by atoms with Crippen LogP contribution in [0.25, 0.3) is 10.9 Å². The molecule has 3 aromatic rings. The molecule has 0 amide bonds. The van der Waals surface area contributed by atoms with Crippen molar-refractivity contribution in [2.45, 2.75) is 6.42 Å². The molecule has 106 valence electrons. The number of benzene rings is 2. The van der Waals surface area contributed by atoms with Crippen LogP contribution >= 0.6 is 11.6 Å². The first-order chi connectivity index (χ1) is 10.2. The molecule has 0 unspecified atom stereocenters. The summed E-state index contributed by atoms with van der Waals surface area (Å²) in [6, 6.07) is 14.0. The largest absolute Gasteiger partial charge is 0.481 e. The summed E-state index contributed by atoms with van der Waals surface area (Å²) in [4.78, 5) is 4.49. The Labute approximate surface area is 127 Å². The Hall–Kier alpha value is -2.13. The van der Waals surface area contributed by atoms with Crippen LogP contribution < -0.4 is 4.74 Å². The molecule has 0 N–H and O–H groups in total. The molecule has 1 heterocycles. The average Bonchev–Trinajstić information content (AvgIpc) is 2.49. The van der Waals surface area contributed by atoms with Gasteiger partial charge in [-0.1, -0.05) is 23.7 Å². The topological polar surface area (TPSA) is 22.1 Å². The van der Waals surface area contributed by atoms with E-state index < -0.39 is 0 Å². The second-order valence-electron chi connectivity index (χ2n) is 4.80. The number of ether oxygens (including phenoxy) is 1. The monoisotopic (exact) mass is 301 g/mol. The predicted molar refractivity (Wildman–Crippen MR) is 82.5 cm³/mol. The number of hydrogen-bond acceptors (Lipinski definition) is 2. The van der Waals surface area contributed by atoms with E-state index >= 15 is 0 Å². The molecule has 2 nitrogen and oxygen atoms in total. The maximum atomic E-state index is 13.0. The third kappa shape index (κ3) is 2.98. The lowest BCUT2D eigenvalue weighted by molar-refractivity contribution is 0.395. The van der Waals surface area contributed by atoms with Crippen molar-refractivity contribution < 1.29 is 9.13 Å². The van der Waals surface area contributed by atoms with Crippen molar-refractivity contribution in [1.82, 2.24) is 4.98 Å². The van der Waals surface area contributed by atoms with Gasteiger partial charge in [0, 0.05) is 22.4 Å². The lowest BCUT2D eigenvalue weighted by Gasteiger charge is -2.10.